The van der Waals surface area contributed by atoms with Crippen molar-refractivity contribution < 1.29 is 37.8 Å². The first kappa shape index (κ1) is 24.4. The van der Waals surface area contributed by atoms with E-state index in [2.05, 4.69) is 48.6 Å². The molecule has 2 amide bonds. The highest BCUT2D eigenvalue weighted by Gasteiger charge is 2.50. The van der Waals surface area contributed by atoms with Crippen LogP contribution in [0.1, 0.15) is 31.2 Å². The third-order valence-corrected chi connectivity index (χ3v) is 5.92. The Morgan fingerprint density at radius 3 is 2.03 bits per heavy atom. The van der Waals surface area contributed by atoms with Gasteiger partial charge in [0.25, 0.3) is 0 Å². The predicted octanol–water partition coefficient (Wildman–Crippen LogP) is 2.50. The van der Waals surface area contributed by atoms with E-state index in [1.165, 1.54) is 10.5 Å². The lowest BCUT2D eigenvalue weighted by Crippen LogP contribution is -2.54. The number of carboxylic acid groups (broad SMARTS) is 2. The summed E-state index contributed by atoms with van der Waals surface area (Å²) in [5.74, 6) is -3.72. The largest absolute Gasteiger partial charge is 0.490 e. The number of rotatable bonds is 4. The van der Waals surface area contributed by atoms with E-state index in [0.717, 1.165) is 25.7 Å². The average molecular weight is 445 g/mol. The number of nitrogens with zero attached hydrogens (tertiary/aromatic N) is 2. The molecule has 1 aliphatic carbocycles. The van der Waals surface area contributed by atoms with Crippen molar-refractivity contribution in [3.05, 3.63) is 35.9 Å². The number of carboxylic acids is 2. The number of alkyl halides is 3. The normalized spacial score (nSPS) is 25.7. The Kier molecular flexibility index (Phi) is 7.20. The van der Waals surface area contributed by atoms with Crippen molar-refractivity contribution in [2.45, 2.75) is 42.9 Å². The van der Waals surface area contributed by atoms with Gasteiger partial charge in [0.15, 0.2) is 0 Å². The molecule has 1 aliphatic heterocycles. The Balaban J connectivity index is 0.000000423. The second-order valence-corrected chi connectivity index (χ2v) is 8.06. The van der Waals surface area contributed by atoms with E-state index in [1.807, 2.05) is 6.07 Å². The maximum absolute atomic E-state index is 12.1. The summed E-state index contributed by atoms with van der Waals surface area (Å²) >= 11 is 0. The summed E-state index contributed by atoms with van der Waals surface area (Å²) in [6.45, 7) is 0.252. The molecule has 11 heteroatoms. The van der Waals surface area contributed by atoms with Gasteiger partial charge in [-0.2, -0.15) is 13.2 Å². The number of amides is 2. The zero-order valence-corrected chi connectivity index (χ0v) is 17.3. The Bertz CT molecular complexity index is 806. The molecule has 0 radical (unpaired) electrons. The summed E-state index contributed by atoms with van der Waals surface area (Å²) in [5, 5.41) is 19.1. The number of halogens is 3. The molecule has 1 spiro atoms. The molecule has 1 saturated heterocycles. The molecule has 172 valence electrons. The fourth-order valence-corrected chi connectivity index (χ4v) is 4.24. The molecule has 8 nitrogen and oxygen atoms in total. The maximum atomic E-state index is 12.1. The van der Waals surface area contributed by atoms with Gasteiger partial charge in [0.1, 0.15) is 6.54 Å². The second-order valence-electron chi connectivity index (χ2n) is 8.06. The van der Waals surface area contributed by atoms with Gasteiger partial charge in [0.05, 0.1) is 5.54 Å². The van der Waals surface area contributed by atoms with Crippen LogP contribution in [0, 0.1) is 0 Å². The highest BCUT2D eigenvalue weighted by Crippen LogP contribution is 2.45. The zero-order chi connectivity index (χ0) is 23.4. The number of hydrogen-bond donors (Lipinski definition) is 3. The van der Waals surface area contributed by atoms with Gasteiger partial charge in [-0.05, 0) is 45.3 Å². The molecule has 31 heavy (non-hydrogen) atoms. The van der Waals surface area contributed by atoms with Crippen molar-refractivity contribution in [2.75, 3.05) is 27.2 Å². The average Bonchev–Trinajstić information content (AvgIpc) is 2.97. The SMILES string of the molecule is CN(C)C1(c2ccccc2)CCC2(CC1)CN(CC(=O)O)C(=O)N2.O=C(O)C(F)(F)F. The molecule has 0 atom stereocenters. The van der Waals surface area contributed by atoms with Crippen LogP contribution < -0.4 is 5.32 Å². The van der Waals surface area contributed by atoms with Gasteiger partial charge in [0.2, 0.25) is 0 Å². The van der Waals surface area contributed by atoms with Crippen LogP contribution in [0.2, 0.25) is 0 Å². The molecule has 3 rings (SSSR count). The summed E-state index contributed by atoms with van der Waals surface area (Å²) in [4.78, 5) is 35.6. The standard InChI is InChI=1S/C18H25N3O3.C2HF3O2/c1-20(2)18(14-6-4-3-5-7-14)10-8-17(9-11-18)13-21(12-15(22)23)16(24)19-17;3-2(4,5)1(6)7/h3-7H,8-13H2,1-2H3,(H,19,24)(H,22,23);(H,6,7). The zero-order valence-electron chi connectivity index (χ0n) is 17.3. The molecule has 1 heterocycles. The molecule has 3 N–H and O–H groups in total. The number of urea groups is 1. The number of carbonyl (C=O) groups excluding carboxylic acids is 1. The smallest absolute Gasteiger partial charge is 0.480 e. The van der Waals surface area contributed by atoms with Gasteiger partial charge in [-0.25, -0.2) is 9.59 Å². The van der Waals surface area contributed by atoms with Crippen LogP contribution in [0.25, 0.3) is 0 Å². The van der Waals surface area contributed by atoms with Crippen molar-refractivity contribution in [3.63, 3.8) is 0 Å². The maximum Gasteiger partial charge on any atom is 0.490 e. The third-order valence-electron chi connectivity index (χ3n) is 5.92. The molecular formula is C20H26F3N3O5. The van der Waals surface area contributed by atoms with Crippen LogP contribution in [0.4, 0.5) is 18.0 Å². The van der Waals surface area contributed by atoms with Gasteiger partial charge in [0, 0.05) is 12.1 Å². The molecule has 1 aromatic carbocycles. The summed E-state index contributed by atoms with van der Waals surface area (Å²) in [7, 11) is 4.21. The van der Waals surface area contributed by atoms with Crippen molar-refractivity contribution in [3.8, 4) is 0 Å². The quantitative estimate of drug-likeness (QED) is 0.657. The molecule has 2 fully saturated rings. The van der Waals surface area contributed by atoms with Gasteiger partial charge in [-0.15, -0.1) is 0 Å². The molecular weight excluding hydrogens is 419 g/mol. The molecule has 0 aromatic heterocycles. The Labute approximate surface area is 177 Å². The molecule has 1 aromatic rings. The number of nitrogens with one attached hydrogen (secondary N) is 1. The number of hydrogen-bond acceptors (Lipinski definition) is 4. The summed E-state index contributed by atoms with van der Waals surface area (Å²) in [5.41, 5.74) is 0.981. The molecule has 0 bridgehead atoms. The van der Waals surface area contributed by atoms with Crippen molar-refractivity contribution >= 4 is 18.0 Å². The molecule has 2 aliphatic rings. The van der Waals surface area contributed by atoms with E-state index in [-0.39, 0.29) is 23.7 Å². The minimum Gasteiger partial charge on any atom is -0.480 e. The summed E-state index contributed by atoms with van der Waals surface area (Å²) in [6, 6.07) is 10.2. The second kappa shape index (κ2) is 9.13. The lowest BCUT2D eigenvalue weighted by Gasteiger charge is -2.48. The molecule has 1 saturated carbocycles. The summed E-state index contributed by atoms with van der Waals surface area (Å²) in [6.07, 6.45) is -1.51. The van der Waals surface area contributed by atoms with E-state index >= 15 is 0 Å². The van der Waals surface area contributed by atoms with E-state index in [9.17, 15) is 22.8 Å². The lowest BCUT2D eigenvalue weighted by atomic mass is 9.69. The van der Waals surface area contributed by atoms with Crippen molar-refractivity contribution in [2.24, 2.45) is 0 Å². The van der Waals surface area contributed by atoms with Gasteiger partial charge >= 0.3 is 24.1 Å². The van der Waals surface area contributed by atoms with Crippen LogP contribution in [0.15, 0.2) is 30.3 Å². The minimum absolute atomic E-state index is 0.0303. The first-order valence-corrected chi connectivity index (χ1v) is 9.63. The van der Waals surface area contributed by atoms with E-state index in [4.69, 9.17) is 15.0 Å². The monoisotopic (exact) mass is 445 g/mol. The first-order chi connectivity index (χ1) is 14.3. The topological polar surface area (TPSA) is 110 Å². The van der Waals surface area contributed by atoms with Crippen LogP contribution in [-0.4, -0.2) is 76.9 Å². The number of carbonyl (C=O) groups is 3. The third kappa shape index (κ3) is 5.66. The van der Waals surface area contributed by atoms with Crippen molar-refractivity contribution in [1.29, 1.82) is 0 Å². The van der Waals surface area contributed by atoms with Gasteiger partial charge in [-0.3, -0.25) is 9.69 Å². The van der Waals surface area contributed by atoms with Crippen LogP contribution in [0.5, 0.6) is 0 Å². The van der Waals surface area contributed by atoms with Crippen LogP contribution in [-0.2, 0) is 15.1 Å². The minimum atomic E-state index is -5.08. The van der Waals surface area contributed by atoms with E-state index in [0.29, 0.717) is 6.54 Å². The fraction of sp³-hybridized carbons (Fsp3) is 0.550. The number of aliphatic carboxylic acids is 2. The Morgan fingerprint density at radius 1 is 1.10 bits per heavy atom. The Morgan fingerprint density at radius 2 is 1.61 bits per heavy atom. The van der Waals surface area contributed by atoms with Gasteiger partial charge < -0.3 is 20.4 Å². The fourth-order valence-electron chi connectivity index (χ4n) is 4.24. The van der Waals surface area contributed by atoms with E-state index < -0.39 is 18.1 Å². The number of benzene rings is 1. The summed E-state index contributed by atoms with van der Waals surface area (Å²) < 4.78 is 31.7. The van der Waals surface area contributed by atoms with Crippen LogP contribution in [0.3, 0.4) is 0 Å². The highest BCUT2D eigenvalue weighted by molar-refractivity contribution is 5.82. The lowest BCUT2D eigenvalue weighted by molar-refractivity contribution is -0.192. The van der Waals surface area contributed by atoms with Crippen LogP contribution >= 0.6 is 0 Å². The van der Waals surface area contributed by atoms with E-state index in [1.54, 1.807) is 0 Å². The molecule has 0 unspecified atom stereocenters. The predicted molar refractivity (Wildman–Crippen MR) is 104 cm³/mol. The highest BCUT2D eigenvalue weighted by atomic mass is 19.4. The van der Waals surface area contributed by atoms with Crippen molar-refractivity contribution in [1.82, 2.24) is 15.1 Å². The Hall–Kier alpha value is -2.82. The first-order valence-electron chi connectivity index (χ1n) is 9.63. The van der Waals surface area contributed by atoms with Gasteiger partial charge in [-0.1, -0.05) is 30.3 Å².